The van der Waals surface area contributed by atoms with E-state index >= 15 is 0 Å². The third-order valence-corrected chi connectivity index (χ3v) is 5.26. The zero-order valence-corrected chi connectivity index (χ0v) is 14.3. The van der Waals surface area contributed by atoms with Crippen LogP contribution in [0.2, 0.25) is 0 Å². The highest BCUT2D eigenvalue weighted by Crippen LogP contribution is 2.36. The molecule has 0 aromatic carbocycles. The van der Waals surface area contributed by atoms with Crippen molar-refractivity contribution < 1.29 is 0 Å². The quantitative estimate of drug-likeness (QED) is 0.693. The molecule has 1 heteroatoms. The fraction of sp³-hybridized carbons (Fsp3) is 1.00. The second-order valence-electron chi connectivity index (χ2n) is 8.08. The first-order chi connectivity index (χ1) is 8.84. The molecule has 0 aliphatic heterocycles. The summed E-state index contributed by atoms with van der Waals surface area (Å²) in [5, 5.41) is 3.77. The van der Waals surface area contributed by atoms with Crippen molar-refractivity contribution in [1.82, 2.24) is 5.32 Å². The average Bonchev–Trinajstić information content (AvgIpc) is 2.32. The van der Waals surface area contributed by atoms with Gasteiger partial charge in [0, 0.05) is 6.04 Å². The summed E-state index contributed by atoms with van der Waals surface area (Å²) in [5.41, 5.74) is 0.392. The molecule has 0 spiro atoms. The molecule has 1 saturated carbocycles. The van der Waals surface area contributed by atoms with Crippen LogP contribution in [0.25, 0.3) is 0 Å². The molecular formula is C18H37N. The van der Waals surface area contributed by atoms with Gasteiger partial charge in [-0.2, -0.15) is 0 Å². The topological polar surface area (TPSA) is 12.0 Å². The lowest BCUT2D eigenvalue weighted by Gasteiger charge is -2.36. The summed E-state index contributed by atoms with van der Waals surface area (Å²) in [5.74, 6) is 2.88. The molecule has 1 aliphatic carbocycles. The molecule has 0 radical (unpaired) electrons. The van der Waals surface area contributed by atoms with E-state index in [0.717, 1.165) is 17.8 Å². The van der Waals surface area contributed by atoms with Gasteiger partial charge in [-0.25, -0.2) is 0 Å². The predicted octanol–water partition coefficient (Wildman–Crippen LogP) is 5.25. The van der Waals surface area contributed by atoms with E-state index < -0.39 is 0 Å². The van der Waals surface area contributed by atoms with Crippen molar-refractivity contribution in [1.29, 1.82) is 0 Å². The number of rotatable bonds is 6. The smallest absolute Gasteiger partial charge is 0.0116 e. The first kappa shape index (κ1) is 17.0. The molecule has 1 rings (SSSR count). The zero-order chi connectivity index (χ0) is 14.5. The highest BCUT2D eigenvalue weighted by molar-refractivity contribution is 4.83. The first-order valence-corrected chi connectivity index (χ1v) is 8.58. The third kappa shape index (κ3) is 5.85. The summed E-state index contributed by atoms with van der Waals surface area (Å²) in [6.45, 7) is 15.5. The highest BCUT2D eigenvalue weighted by Gasteiger charge is 2.28. The monoisotopic (exact) mass is 267 g/mol. The molecule has 0 saturated heterocycles. The molecule has 1 nitrogen and oxygen atoms in total. The van der Waals surface area contributed by atoms with Gasteiger partial charge in [0.2, 0.25) is 0 Å². The normalized spacial score (nSPS) is 30.3. The van der Waals surface area contributed by atoms with Crippen molar-refractivity contribution in [3.63, 3.8) is 0 Å². The van der Waals surface area contributed by atoms with Gasteiger partial charge in [-0.15, -0.1) is 0 Å². The van der Waals surface area contributed by atoms with Crippen molar-refractivity contribution in [3.8, 4) is 0 Å². The number of nitrogens with one attached hydrogen (secondary N) is 1. The highest BCUT2D eigenvalue weighted by atomic mass is 14.9. The van der Waals surface area contributed by atoms with Crippen molar-refractivity contribution in [3.05, 3.63) is 0 Å². The van der Waals surface area contributed by atoms with Gasteiger partial charge < -0.3 is 5.32 Å². The molecule has 0 aromatic rings. The predicted molar refractivity (Wildman–Crippen MR) is 86.4 cm³/mol. The van der Waals surface area contributed by atoms with E-state index in [1.54, 1.807) is 0 Å². The summed E-state index contributed by atoms with van der Waals surface area (Å²) >= 11 is 0. The van der Waals surface area contributed by atoms with Crippen LogP contribution in [0.4, 0.5) is 0 Å². The molecule has 4 unspecified atom stereocenters. The Morgan fingerprint density at radius 3 is 2.32 bits per heavy atom. The molecule has 114 valence electrons. The van der Waals surface area contributed by atoms with Gasteiger partial charge in [0.05, 0.1) is 0 Å². The van der Waals surface area contributed by atoms with Gasteiger partial charge in [0.15, 0.2) is 0 Å². The Bertz CT molecular complexity index is 241. The van der Waals surface area contributed by atoms with Crippen molar-refractivity contribution in [2.75, 3.05) is 6.54 Å². The fourth-order valence-corrected chi connectivity index (χ4v) is 3.48. The van der Waals surface area contributed by atoms with Crippen molar-refractivity contribution >= 4 is 0 Å². The SMILES string of the molecule is CCCNC(CCC1CCC(C)C(C)C1)C(C)(C)C. The van der Waals surface area contributed by atoms with E-state index in [-0.39, 0.29) is 0 Å². The van der Waals surface area contributed by atoms with Crippen LogP contribution in [0.15, 0.2) is 0 Å². The van der Waals surface area contributed by atoms with E-state index in [4.69, 9.17) is 0 Å². The Morgan fingerprint density at radius 2 is 1.79 bits per heavy atom. The number of hydrogen-bond donors (Lipinski definition) is 1. The molecule has 0 bridgehead atoms. The summed E-state index contributed by atoms with van der Waals surface area (Å²) in [4.78, 5) is 0. The van der Waals surface area contributed by atoms with E-state index in [0.29, 0.717) is 11.5 Å². The molecule has 0 amide bonds. The lowest BCUT2D eigenvalue weighted by Crippen LogP contribution is -2.41. The van der Waals surface area contributed by atoms with Crippen LogP contribution < -0.4 is 5.32 Å². The van der Waals surface area contributed by atoms with E-state index in [2.05, 4.69) is 46.9 Å². The fourth-order valence-electron chi connectivity index (χ4n) is 3.48. The van der Waals surface area contributed by atoms with Gasteiger partial charge >= 0.3 is 0 Å². The summed E-state index contributed by atoms with van der Waals surface area (Å²) < 4.78 is 0. The van der Waals surface area contributed by atoms with Gasteiger partial charge in [-0.1, -0.05) is 54.4 Å². The Hall–Kier alpha value is -0.0400. The zero-order valence-electron chi connectivity index (χ0n) is 14.3. The maximum atomic E-state index is 3.77. The lowest BCUT2D eigenvalue weighted by molar-refractivity contribution is 0.177. The lowest BCUT2D eigenvalue weighted by atomic mass is 9.73. The van der Waals surface area contributed by atoms with Gasteiger partial charge in [-0.3, -0.25) is 0 Å². The third-order valence-electron chi connectivity index (χ3n) is 5.26. The Morgan fingerprint density at radius 1 is 1.11 bits per heavy atom. The maximum Gasteiger partial charge on any atom is 0.0116 e. The molecule has 4 atom stereocenters. The van der Waals surface area contributed by atoms with Crippen molar-refractivity contribution in [2.45, 2.75) is 86.1 Å². The minimum Gasteiger partial charge on any atom is -0.313 e. The van der Waals surface area contributed by atoms with Crippen LogP contribution in [0.3, 0.4) is 0 Å². The maximum absolute atomic E-state index is 3.77. The molecular weight excluding hydrogens is 230 g/mol. The minimum atomic E-state index is 0.392. The molecule has 1 fully saturated rings. The summed E-state index contributed by atoms with van der Waals surface area (Å²) in [7, 11) is 0. The Labute approximate surface area is 121 Å². The second kappa shape index (κ2) is 7.67. The molecule has 0 heterocycles. The average molecular weight is 268 g/mol. The van der Waals surface area contributed by atoms with E-state index in [9.17, 15) is 0 Å². The largest absolute Gasteiger partial charge is 0.313 e. The van der Waals surface area contributed by atoms with E-state index in [1.165, 1.54) is 45.1 Å². The van der Waals surface area contributed by atoms with Crippen LogP contribution in [-0.2, 0) is 0 Å². The minimum absolute atomic E-state index is 0.392. The Balaban J connectivity index is 2.39. The molecule has 19 heavy (non-hydrogen) atoms. The standard InChI is InChI=1S/C18H37N/c1-7-12-19-17(18(4,5)6)11-10-16-9-8-14(2)15(3)13-16/h14-17,19H,7-13H2,1-6H3. The summed E-state index contributed by atoms with van der Waals surface area (Å²) in [6, 6.07) is 0.683. The molecule has 1 N–H and O–H groups in total. The first-order valence-electron chi connectivity index (χ1n) is 8.58. The van der Waals surface area contributed by atoms with Gasteiger partial charge in [0.25, 0.3) is 0 Å². The van der Waals surface area contributed by atoms with Crippen molar-refractivity contribution in [2.24, 2.45) is 23.2 Å². The van der Waals surface area contributed by atoms with Gasteiger partial charge in [-0.05, 0) is 55.4 Å². The second-order valence-corrected chi connectivity index (χ2v) is 8.08. The van der Waals surface area contributed by atoms with Crippen LogP contribution in [-0.4, -0.2) is 12.6 Å². The van der Waals surface area contributed by atoms with Crippen LogP contribution in [0.5, 0.6) is 0 Å². The molecule has 1 aliphatic rings. The van der Waals surface area contributed by atoms with Crippen LogP contribution in [0, 0.1) is 23.2 Å². The molecule has 0 aromatic heterocycles. The van der Waals surface area contributed by atoms with E-state index in [1.807, 2.05) is 0 Å². The van der Waals surface area contributed by atoms with Gasteiger partial charge in [0.1, 0.15) is 0 Å². The Kier molecular flexibility index (Phi) is 6.86. The number of hydrogen-bond acceptors (Lipinski definition) is 1. The summed E-state index contributed by atoms with van der Waals surface area (Å²) in [6.07, 6.45) is 8.41. The van der Waals surface area contributed by atoms with Crippen LogP contribution >= 0.6 is 0 Å². The van der Waals surface area contributed by atoms with Crippen LogP contribution in [0.1, 0.15) is 80.1 Å².